The summed E-state index contributed by atoms with van der Waals surface area (Å²) in [7, 11) is 0. The number of benzene rings is 2. The highest BCUT2D eigenvalue weighted by Crippen LogP contribution is 2.26. The largest absolute Gasteiger partial charge is 0.463 e. The molecule has 0 radical (unpaired) electrons. The monoisotopic (exact) mass is 464 g/mol. The van der Waals surface area contributed by atoms with Crippen LogP contribution in [0.15, 0.2) is 63.7 Å². The molecule has 2 N–H and O–H groups in total. The van der Waals surface area contributed by atoms with Crippen LogP contribution in [0, 0.1) is 13.8 Å². The first-order valence-corrected chi connectivity index (χ1v) is 11.5. The molecule has 33 heavy (non-hydrogen) atoms. The fourth-order valence-electron chi connectivity index (χ4n) is 3.60. The maximum Gasteiger partial charge on any atom is 0.337 e. The summed E-state index contributed by atoms with van der Waals surface area (Å²) in [4.78, 5) is 42.6. The van der Waals surface area contributed by atoms with E-state index in [2.05, 4.69) is 10.6 Å². The maximum atomic E-state index is 13.5. The van der Waals surface area contributed by atoms with Crippen molar-refractivity contribution < 1.29 is 14.3 Å². The van der Waals surface area contributed by atoms with Crippen molar-refractivity contribution in [3.63, 3.8) is 0 Å². The second-order valence-corrected chi connectivity index (χ2v) is 8.49. The Morgan fingerprint density at radius 3 is 2.73 bits per heavy atom. The van der Waals surface area contributed by atoms with Gasteiger partial charge in [0.15, 0.2) is 5.16 Å². The van der Waals surface area contributed by atoms with Crippen molar-refractivity contribution in [3.8, 4) is 5.69 Å². The lowest BCUT2D eigenvalue weighted by molar-refractivity contribution is -0.138. The summed E-state index contributed by atoms with van der Waals surface area (Å²) >= 11 is 1.28. The molecular weight excluding hydrogens is 440 g/mol. The number of nitrogens with one attached hydrogen (secondary N) is 2. The summed E-state index contributed by atoms with van der Waals surface area (Å²) < 4.78 is 6.73. The van der Waals surface area contributed by atoms with Gasteiger partial charge in [-0.2, -0.15) is 0 Å². The molecule has 4 rings (SSSR count). The normalized spacial score (nSPS) is 13.6. The molecule has 8 nitrogen and oxygen atoms in total. The van der Waals surface area contributed by atoms with E-state index in [0.29, 0.717) is 27.3 Å². The van der Waals surface area contributed by atoms with Crippen LogP contribution in [0.1, 0.15) is 18.1 Å². The molecule has 2 amide bonds. The lowest BCUT2D eigenvalue weighted by Gasteiger charge is -2.22. The molecule has 0 unspecified atom stereocenters. The van der Waals surface area contributed by atoms with Crippen molar-refractivity contribution in [2.45, 2.75) is 25.9 Å². The lowest BCUT2D eigenvalue weighted by Crippen LogP contribution is -2.44. The van der Waals surface area contributed by atoms with Crippen molar-refractivity contribution >= 4 is 34.7 Å². The summed E-state index contributed by atoms with van der Waals surface area (Å²) in [6.07, 6.45) is 0. The van der Waals surface area contributed by atoms with Crippen molar-refractivity contribution in [2.24, 2.45) is 0 Å². The number of carbonyl (C=O) groups is 2. The Kier molecular flexibility index (Phi) is 6.50. The van der Waals surface area contributed by atoms with Crippen LogP contribution in [0.3, 0.4) is 0 Å². The molecule has 0 saturated carbocycles. The van der Waals surface area contributed by atoms with Crippen molar-refractivity contribution in [2.75, 3.05) is 18.9 Å². The number of nitrogens with zero attached hydrogens (tertiary/aromatic N) is 2. The number of para-hydroxylation sites is 1. The van der Waals surface area contributed by atoms with Gasteiger partial charge in [-0.05, 0) is 50.1 Å². The summed E-state index contributed by atoms with van der Waals surface area (Å²) in [5, 5.41) is 6.28. The minimum Gasteiger partial charge on any atom is -0.463 e. The lowest BCUT2D eigenvalue weighted by atomic mass is 10.1. The molecule has 0 fully saturated rings. The Morgan fingerprint density at radius 1 is 1.15 bits per heavy atom. The van der Waals surface area contributed by atoms with Gasteiger partial charge in [-0.15, -0.1) is 0 Å². The topological polar surface area (TPSA) is 102 Å². The number of hydrogen-bond donors (Lipinski definition) is 2. The number of aromatic nitrogens is 2. The standard InChI is InChI=1S/C24H24N4O4S/c1-4-32-22(30)17-12-25-23(31)26-19(17)13-33-24-27-18-10-6-5-9-16(18)21(29)28(24)20-11-7-8-14(2)15(20)3/h5-11H,4,12-13H2,1-3H3,(H2,25,26,31). The Morgan fingerprint density at radius 2 is 1.94 bits per heavy atom. The fraction of sp³-hybridized carbons (Fsp3) is 0.250. The zero-order valence-electron chi connectivity index (χ0n) is 18.6. The van der Waals surface area contributed by atoms with Gasteiger partial charge >= 0.3 is 12.0 Å². The number of carbonyl (C=O) groups excluding carboxylic acids is 2. The minimum atomic E-state index is -0.487. The maximum absolute atomic E-state index is 13.5. The molecule has 1 aromatic heterocycles. The predicted molar refractivity (Wildman–Crippen MR) is 128 cm³/mol. The van der Waals surface area contributed by atoms with Crippen LogP contribution in [-0.2, 0) is 9.53 Å². The average molecular weight is 465 g/mol. The van der Waals surface area contributed by atoms with E-state index < -0.39 is 12.0 Å². The Hall–Kier alpha value is -3.59. The van der Waals surface area contributed by atoms with E-state index in [1.54, 1.807) is 23.6 Å². The van der Waals surface area contributed by atoms with Crippen LogP contribution >= 0.6 is 11.8 Å². The van der Waals surface area contributed by atoms with Crippen LogP contribution in [0.4, 0.5) is 4.79 Å². The number of fused-ring (bicyclic) bond motifs is 1. The van der Waals surface area contributed by atoms with Crippen LogP contribution in [0.2, 0.25) is 0 Å². The van der Waals surface area contributed by atoms with Crippen LogP contribution < -0.4 is 16.2 Å². The minimum absolute atomic E-state index is 0.0789. The number of urea groups is 1. The van der Waals surface area contributed by atoms with Crippen molar-refractivity contribution in [1.29, 1.82) is 0 Å². The van der Waals surface area contributed by atoms with Gasteiger partial charge in [-0.1, -0.05) is 36.0 Å². The van der Waals surface area contributed by atoms with Crippen molar-refractivity contribution in [3.05, 3.63) is 75.2 Å². The smallest absolute Gasteiger partial charge is 0.337 e. The van der Waals surface area contributed by atoms with Gasteiger partial charge in [0, 0.05) is 11.4 Å². The second kappa shape index (κ2) is 9.50. The molecular formula is C24H24N4O4S. The first-order valence-electron chi connectivity index (χ1n) is 10.6. The van der Waals surface area contributed by atoms with E-state index in [4.69, 9.17) is 9.72 Å². The van der Waals surface area contributed by atoms with E-state index in [1.165, 1.54) is 11.8 Å². The Bertz CT molecular complexity index is 1350. The van der Waals surface area contributed by atoms with Gasteiger partial charge in [0.25, 0.3) is 5.56 Å². The molecule has 170 valence electrons. The summed E-state index contributed by atoms with van der Waals surface area (Å²) in [5.74, 6) is -0.254. The molecule has 0 saturated heterocycles. The number of ether oxygens (including phenoxy) is 1. The molecule has 1 aliphatic heterocycles. The van der Waals surface area contributed by atoms with Gasteiger partial charge in [0.2, 0.25) is 0 Å². The highest BCUT2D eigenvalue weighted by molar-refractivity contribution is 7.99. The summed E-state index contributed by atoms with van der Waals surface area (Å²) in [6.45, 7) is 6.00. The quantitative estimate of drug-likeness (QED) is 0.330. The van der Waals surface area contributed by atoms with Gasteiger partial charge in [-0.3, -0.25) is 9.36 Å². The molecule has 2 aromatic carbocycles. The Balaban J connectivity index is 1.82. The van der Waals surface area contributed by atoms with Gasteiger partial charge in [0.05, 0.1) is 35.3 Å². The summed E-state index contributed by atoms with van der Waals surface area (Å²) in [5.41, 5.74) is 3.98. The van der Waals surface area contributed by atoms with Crippen molar-refractivity contribution in [1.82, 2.24) is 20.2 Å². The molecule has 0 bridgehead atoms. The zero-order chi connectivity index (χ0) is 23.5. The number of aryl methyl sites for hydroxylation is 1. The van der Waals surface area contributed by atoms with Gasteiger partial charge < -0.3 is 15.4 Å². The molecule has 2 heterocycles. The van der Waals surface area contributed by atoms with Gasteiger partial charge in [0.1, 0.15) is 0 Å². The first-order chi connectivity index (χ1) is 15.9. The fourth-order valence-corrected chi connectivity index (χ4v) is 4.60. The molecule has 0 aliphatic carbocycles. The number of hydrogen-bond acceptors (Lipinski definition) is 6. The Labute approximate surface area is 195 Å². The third-order valence-electron chi connectivity index (χ3n) is 5.48. The molecule has 1 aliphatic rings. The number of thioether (sulfide) groups is 1. The van der Waals surface area contributed by atoms with Crippen LogP contribution in [0.5, 0.6) is 0 Å². The highest BCUT2D eigenvalue weighted by Gasteiger charge is 2.24. The molecule has 0 atom stereocenters. The number of rotatable bonds is 6. The van der Waals surface area contributed by atoms with Gasteiger partial charge in [-0.25, -0.2) is 14.6 Å². The second-order valence-electron chi connectivity index (χ2n) is 7.55. The van der Waals surface area contributed by atoms with Crippen LogP contribution in [0.25, 0.3) is 16.6 Å². The molecule has 0 spiro atoms. The van der Waals surface area contributed by atoms with E-state index in [9.17, 15) is 14.4 Å². The van der Waals surface area contributed by atoms with Crippen LogP contribution in [-0.4, -0.2) is 40.5 Å². The zero-order valence-corrected chi connectivity index (χ0v) is 19.4. The number of amides is 2. The predicted octanol–water partition coefficient (Wildman–Crippen LogP) is 3.22. The number of esters is 1. The third-order valence-corrected chi connectivity index (χ3v) is 6.45. The third kappa shape index (κ3) is 4.49. The average Bonchev–Trinajstić information content (AvgIpc) is 2.80. The molecule has 3 aromatic rings. The van der Waals surface area contributed by atoms with E-state index in [-0.39, 0.29) is 24.5 Å². The first kappa shape index (κ1) is 22.6. The SMILES string of the molecule is CCOC(=O)C1=C(CSc2nc3ccccc3c(=O)n2-c2cccc(C)c2C)NC(=O)NC1. The van der Waals surface area contributed by atoms with E-state index in [1.807, 2.05) is 44.2 Å². The molecule has 9 heteroatoms. The van der Waals surface area contributed by atoms with E-state index >= 15 is 0 Å². The summed E-state index contributed by atoms with van der Waals surface area (Å²) in [6, 6.07) is 12.6. The van der Waals surface area contributed by atoms with E-state index in [0.717, 1.165) is 16.8 Å². The highest BCUT2D eigenvalue weighted by atomic mass is 32.2.